The first-order valence-electron chi connectivity index (χ1n) is 5.35. The maximum Gasteiger partial charge on any atom is 0.222 e. The second-order valence-corrected chi connectivity index (χ2v) is 5.72. The molecule has 0 aliphatic rings. The monoisotopic (exact) mass is 407 g/mol. The van der Waals surface area contributed by atoms with Gasteiger partial charge in [-0.2, -0.15) is 0 Å². The van der Waals surface area contributed by atoms with Crippen molar-refractivity contribution in [1.29, 1.82) is 0 Å². The summed E-state index contributed by atoms with van der Waals surface area (Å²) in [6.45, 7) is 1.88. The molecule has 0 atom stereocenters. The highest BCUT2D eigenvalue weighted by Gasteiger charge is 2.11. The zero-order chi connectivity index (χ0) is 14.0. The lowest BCUT2D eigenvalue weighted by atomic mass is 10.2. The molecule has 1 heterocycles. The molecule has 2 aromatic rings. The van der Waals surface area contributed by atoms with Crippen LogP contribution >= 0.6 is 43.5 Å². The number of nitrogens with zero attached hydrogens (tertiary/aromatic N) is 1. The molecule has 0 radical (unpaired) electrons. The average molecular weight is 409 g/mol. The Morgan fingerprint density at radius 2 is 2.11 bits per heavy atom. The van der Waals surface area contributed by atoms with E-state index in [0.29, 0.717) is 16.1 Å². The predicted molar refractivity (Wildman–Crippen MR) is 80.8 cm³/mol. The lowest BCUT2D eigenvalue weighted by Crippen LogP contribution is -1.94. The molecule has 0 unspecified atom stereocenters. The van der Waals surface area contributed by atoms with Gasteiger partial charge in [0.1, 0.15) is 11.6 Å². The van der Waals surface area contributed by atoms with Crippen LogP contribution in [0.5, 0.6) is 11.6 Å². The van der Waals surface area contributed by atoms with E-state index in [1.165, 1.54) is 12.1 Å². The number of halogens is 4. The molecule has 0 fully saturated rings. The van der Waals surface area contributed by atoms with Crippen LogP contribution in [0.4, 0.5) is 4.39 Å². The summed E-state index contributed by atoms with van der Waals surface area (Å²) in [6, 6.07) is 4.64. The van der Waals surface area contributed by atoms with E-state index in [1.54, 1.807) is 6.20 Å². The van der Waals surface area contributed by atoms with Gasteiger partial charge in [0.2, 0.25) is 5.88 Å². The molecule has 1 aromatic heterocycles. The van der Waals surface area contributed by atoms with Gasteiger partial charge in [-0.15, -0.1) is 0 Å². The van der Waals surface area contributed by atoms with Crippen molar-refractivity contribution in [3.8, 4) is 11.6 Å². The number of alkyl halides is 1. The zero-order valence-corrected chi connectivity index (χ0v) is 13.8. The van der Waals surface area contributed by atoms with Crippen LogP contribution in [-0.4, -0.2) is 4.98 Å². The van der Waals surface area contributed by atoms with E-state index < -0.39 is 5.82 Å². The van der Waals surface area contributed by atoms with Crippen LogP contribution in [-0.2, 0) is 5.33 Å². The van der Waals surface area contributed by atoms with Crippen molar-refractivity contribution >= 4 is 43.5 Å². The molecule has 100 valence electrons. The Labute approximate surface area is 132 Å². The molecule has 1 aromatic carbocycles. The topological polar surface area (TPSA) is 22.1 Å². The Kier molecular flexibility index (Phi) is 4.81. The highest BCUT2D eigenvalue weighted by molar-refractivity contribution is 9.10. The second kappa shape index (κ2) is 6.20. The molecule has 0 saturated carbocycles. The molecular formula is C13H9Br2ClFNO. The first-order valence-corrected chi connectivity index (χ1v) is 7.64. The van der Waals surface area contributed by atoms with Crippen molar-refractivity contribution < 1.29 is 9.13 Å². The number of rotatable bonds is 3. The molecular weight excluding hydrogens is 400 g/mol. The summed E-state index contributed by atoms with van der Waals surface area (Å²) in [6.07, 6.45) is 1.71. The van der Waals surface area contributed by atoms with Crippen LogP contribution in [0.2, 0.25) is 5.02 Å². The number of aromatic nitrogens is 1. The van der Waals surface area contributed by atoms with Gasteiger partial charge in [-0.3, -0.25) is 0 Å². The summed E-state index contributed by atoms with van der Waals surface area (Å²) in [4.78, 5) is 4.21. The highest BCUT2D eigenvalue weighted by Crippen LogP contribution is 2.34. The number of benzene rings is 1. The van der Waals surface area contributed by atoms with Crippen LogP contribution in [0.25, 0.3) is 0 Å². The first kappa shape index (κ1) is 14.8. The van der Waals surface area contributed by atoms with Gasteiger partial charge < -0.3 is 4.74 Å². The summed E-state index contributed by atoms with van der Waals surface area (Å²) >= 11 is 12.3. The minimum absolute atomic E-state index is 0.0403. The van der Waals surface area contributed by atoms with Crippen molar-refractivity contribution in [3.05, 3.63) is 50.8 Å². The fourth-order valence-corrected chi connectivity index (χ4v) is 2.51. The third-order valence-electron chi connectivity index (χ3n) is 2.42. The summed E-state index contributed by atoms with van der Waals surface area (Å²) in [5.41, 5.74) is 1.92. The number of aryl methyl sites for hydroxylation is 1. The van der Waals surface area contributed by atoms with Gasteiger partial charge in [0.25, 0.3) is 0 Å². The van der Waals surface area contributed by atoms with E-state index in [2.05, 4.69) is 36.8 Å². The second-order valence-electron chi connectivity index (χ2n) is 3.90. The molecule has 6 heteroatoms. The zero-order valence-electron chi connectivity index (χ0n) is 9.88. The number of hydrogen-bond donors (Lipinski definition) is 0. The molecule has 0 amide bonds. The van der Waals surface area contributed by atoms with Crippen LogP contribution in [0.3, 0.4) is 0 Å². The standard InChI is InChI=1S/C13H9Br2ClFNO/c1-7-2-8(5-14)6-18-13(7)19-12-4-11(17)10(16)3-9(12)15/h2-4,6H,5H2,1H3. The predicted octanol–water partition coefficient (Wildman–Crippen LogP) is 5.63. The van der Waals surface area contributed by atoms with Gasteiger partial charge in [0.15, 0.2) is 0 Å². The molecule has 2 rings (SSSR count). The summed E-state index contributed by atoms with van der Waals surface area (Å²) < 4.78 is 19.6. The SMILES string of the molecule is Cc1cc(CBr)cnc1Oc1cc(F)c(Cl)cc1Br. The van der Waals surface area contributed by atoms with E-state index in [9.17, 15) is 4.39 Å². The minimum atomic E-state index is -0.533. The summed E-state index contributed by atoms with van der Waals surface area (Å²) in [5, 5.41) is 0.763. The Balaban J connectivity index is 2.33. The van der Waals surface area contributed by atoms with Crippen LogP contribution in [0, 0.1) is 12.7 Å². The van der Waals surface area contributed by atoms with Crippen molar-refractivity contribution in [2.24, 2.45) is 0 Å². The molecule has 0 aliphatic heterocycles. The molecule has 0 aliphatic carbocycles. The van der Waals surface area contributed by atoms with E-state index in [0.717, 1.165) is 16.5 Å². The molecule has 2 nitrogen and oxygen atoms in total. The van der Waals surface area contributed by atoms with Gasteiger partial charge in [-0.1, -0.05) is 27.5 Å². The lowest BCUT2D eigenvalue weighted by molar-refractivity contribution is 0.451. The van der Waals surface area contributed by atoms with Gasteiger partial charge in [-0.05, 0) is 40.5 Å². The van der Waals surface area contributed by atoms with E-state index in [4.69, 9.17) is 16.3 Å². The van der Waals surface area contributed by atoms with E-state index >= 15 is 0 Å². The number of pyridine rings is 1. The lowest BCUT2D eigenvalue weighted by Gasteiger charge is -2.10. The van der Waals surface area contributed by atoms with E-state index in [1.807, 2.05) is 13.0 Å². The molecule has 0 spiro atoms. The van der Waals surface area contributed by atoms with Gasteiger partial charge in [0.05, 0.1) is 9.50 Å². The molecule has 19 heavy (non-hydrogen) atoms. The fourth-order valence-electron chi connectivity index (χ4n) is 1.49. The van der Waals surface area contributed by atoms with Gasteiger partial charge >= 0.3 is 0 Å². The number of hydrogen-bond acceptors (Lipinski definition) is 2. The Bertz CT molecular complexity index is 622. The van der Waals surface area contributed by atoms with Crippen molar-refractivity contribution in [1.82, 2.24) is 4.98 Å². The minimum Gasteiger partial charge on any atom is -0.437 e. The third-order valence-corrected chi connectivity index (χ3v) is 3.98. The molecule has 0 N–H and O–H groups in total. The third kappa shape index (κ3) is 3.46. The normalized spacial score (nSPS) is 10.6. The van der Waals surface area contributed by atoms with Crippen LogP contribution in [0.15, 0.2) is 28.9 Å². The Morgan fingerprint density at radius 3 is 2.74 bits per heavy atom. The maximum absolute atomic E-state index is 13.4. The average Bonchev–Trinajstić information content (AvgIpc) is 2.38. The smallest absolute Gasteiger partial charge is 0.222 e. The summed E-state index contributed by atoms with van der Waals surface area (Å²) in [5.74, 6) is 0.241. The maximum atomic E-state index is 13.4. The quantitative estimate of drug-likeness (QED) is 0.484. The van der Waals surface area contributed by atoms with Gasteiger partial charge in [-0.25, -0.2) is 9.37 Å². The van der Waals surface area contributed by atoms with Crippen LogP contribution < -0.4 is 4.74 Å². The number of ether oxygens (including phenoxy) is 1. The van der Waals surface area contributed by atoms with Gasteiger partial charge in [0, 0.05) is 23.2 Å². The van der Waals surface area contributed by atoms with E-state index in [-0.39, 0.29) is 5.02 Å². The Hall–Kier alpha value is -0.650. The van der Waals surface area contributed by atoms with Crippen molar-refractivity contribution in [3.63, 3.8) is 0 Å². The fraction of sp³-hybridized carbons (Fsp3) is 0.154. The molecule has 0 bridgehead atoms. The van der Waals surface area contributed by atoms with Crippen LogP contribution in [0.1, 0.15) is 11.1 Å². The summed E-state index contributed by atoms with van der Waals surface area (Å²) in [7, 11) is 0. The Morgan fingerprint density at radius 1 is 1.37 bits per heavy atom. The highest BCUT2D eigenvalue weighted by atomic mass is 79.9. The largest absolute Gasteiger partial charge is 0.437 e. The first-order chi connectivity index (χ1) is 9.01. The molecule has 0 saturated heterocycles. The van der Waals surface area contributed by atoms with Crippen molar-refractivity contribution in [2.45, 2.75) is 12.3 Å². The van der Waals surface area contributed by atoms with Crippen molar-refractivity contribution in [2.75, 3.05) is 0 Å².